The molecule has 0 aliphatic heterocycles. The van der Waals surface area contributed by atoms with Crippen molar-refractivity contribution >= 4 is 19.7 Å². The lowest BCUT2D eigenvalue weighted by Crippen LogP contribution is -2.47. The molecule has 0 rings (SSSR count). The van der Waals surface area contributed by atoms with Crippen LogP contribution in [0.1, 0.15) is 335 Å². The molecular weight excluding hydrogens is 1130 g/mol. The van der Waals surface area contributed by atoms with Crippen LogP contribution in [0, 0.1) is 0 Å². The summed E-state index contributed by atoms with van der Waals surface area (Å²) in [6, 6.07) is -0.901. The maximum absolute atomic E-state index is 13.6. The zero-order valence-corrected chi connectivity index (χ0v) is 60.5. The Morgan fingerprint density at radius 2 is 0.678 bits per heavy atom. The van der Waals surface area contributed by atoms with Crippen molar-refractivity contribution in [2.45, 2.75) is 348 Å². The van der Waals surface area contributed by atoms with E-state index < -0.39 is 26.6 Å². The van der Waals surface area contributed by atoms with Crippen molar-refractivity contribution in [1.82, 2.24) is 5.32 Å². The number of unbranched alkanes of at least 4 members (excludes halogenated alkanes) is 36. The first-order valence-electron chi connectivity index (χ1n) is 37.7. The first-order chi connectivity index (χ1) is 43.9. The Morgan fingerprint density at radius 1 is 0.389 bits per heavy atom. The minimum absolute atomic E-state index is 0.0281. The number of hydrogen-bond acceptors (Lipinski definition) is 7. The van der Waals surface area contributed by atoms with Gasteiger partial charge in [-0.15, -0.1) is 0 Å². The summed E-state index contributed by atoms with van der Waals surface area (Å²) in [6.07, 6.45) is 95.0. The number of likely N-dealkylation sites (N-methyl/N-ethyl adjacent to an activating group) is 1. The lowest BCUT2D eigenvalue weighted by atomic mass is 10.0. The van der Waals surface area contributed by atoms with Crippen LogP contribution in [0.4, 0.5) is 0 Å². The van der Waals surface area contributed by atoms with Crippen molar-refractivity contribution in [2.24, 2.45) is 0 Å². The minimum Gasteiger partial charge on any atom is -0.756 e. The highest BCUT2D eigenvalue weighted by atomic mass is 31.2. The van der Waals surface area contributed by atoms with Crippen LogP contribution >= 0.6 is 7.82 Å². The molecule has 9 nitrogen and oxygen atoms in total. The summed E-state index contributed by atoms with van der Waals surface area (Å²) >= 11 is 0. The van der Waals surface area contributed by atoms with Gasteiger partial charge in [0.2, 0.25) is 5.91 Å². The van der Waals surface area contributed by atoms with E-state index in [4.69, 9.17) is 13.8 Å². The van der Waals surface area contributed by atoms with Gasteiger partial charge < -0.3 is 28.5 Å². The second-order valence-corrected chi connectivity index (χ2v) is 27.9. The van der Waals surface area contributed by atoms with Crippen LogP contribution in [0.25, 0.3) is 0 Å². The summed E-state index contributed by atoms with van der Waals surface area (Å²) in [7, 11) is 1.17. The number of rotatable bonds is 68. The highest BCUT2D eigenvalue weighted by molar-refractivity contribution is 7.45. The number of esters is 1. The number of allylic oxidation sites excluding steroid dienone is 17. The van der Waals surface area contributed by atoms with E-state index in [0.717, 1.165) is 116 Å². The zero-order chi connectivity index (χ0) is 65.6. The van der Waals surface area contributed by atoms with E-state index in [0.29, 0.717) is 17.4 Å². The fourth-order valence-corrected chi connectivity index (χ4v) is 11.3. The van der Waals surface area contributed by atoms with Crippen LogP contribution in [0.2, 0.25) is 0 Å². The van der Waals surface area contributed by atoms with Crippen LogP contribution in [-0.4, -0.2) is 69.4 Å². The third-order valence-electron chi connectivity index (χ3n) is 16.4. The molecule has 0 aromatic carbocycles. The normalized spacial score (nSPS) is 14.1. The number of nitrogens with one attached hydrogen (secondary N) is 1. The molecule has 90 heavy (non-hydrogen) atoms. The number of phosphoric ester groups is 1. The SMILES string of the molecule is CCCCC/C=C\C/C=C\C/C=C\C/C=C\CCCCCCCCCCCCCC(=O)NC(COP(=O)([O-])OCC[N+](C)(C)C)C(/C=C/CCCCCCCCCCCC)OC(=O)CCCCCCCCCCC/C=C\C/C=C\C/C=C\C/C=C\CCCCC. The minimum atomic E-state index is -4.72. The summed E-state index contributed by atoms with van der Waals surface area (Å²) in [5, 5.41) is 3.05. The molecule has 0 fully saturated rings. The average Bonchev–Trinajstić information content (AvgIpc) is 3.04. The molecule has 3 atom stereocenters. The van der Waals surface area contributed by atoms with Gasteiger partial charge in [-0.2, -0.15) is 0 Å². The summed E-state index contributed by atoms with van der Waals surface area (Å²) in [5.74, 6) is -0.548. The summed E-state index contributed by atoms with van der Waals surface area (Å²) in [4.78, 5) is 40.3. The van der Waals surface area contributed by atoms with Gasteiger partial charge in [0.1, 0.15) is 19.3 Å². The Kier molecular flexibility index (Phi) is 66.0. The first-order valence-corrected chi connectivity index (χ1v) is 39.2. The fraction of sp³-hybridized carbons (Fsp3) is 0.750. The monoisotopic (exact) mass is 1280 g/mol. The maximum atomic E-state index is 13.6. The molecule has 520 valence electrons. The Morgan fingerprint density at radius 3 is 1.03 bits per heavy atom. The van der Waals surface area contributed by atoms with Crippen LogP contribution in [0.3, 0.4) is 0 Å². The fourth-order valence-electron chi connectivity index (χ4n) is 10.6. The third kappa shape index (κ3) is 69.0. The molecule has 0 aromatic heterocycles. The molecule has 0 aromatic rings. The van der Waals surface area contributed by atoms with Crippen LogP contribution in [0.15, 0.2) is 109 Å². The van der Waals surface area contributed by atoms with Crippen molar-refractivity contribution in [3.63, 3.8) is 0 Å². The van der Waals surface area contributed by atoms with Crippen LogP contribution in [0.5, 0.6) is 0 Å². The summed E-state index contributed by atoms with van der Waals surface area (Å²) in [5.41, 5.74) is 0. The standard InChI is InChI=1S/C80H143N2O7P/c1-7-10-13-16-19-22-25-28-30-32-34-36-38-40-41-43-44-46-48-50-52-54-57-60-63-66-69-72-79(83)81-77(76-88-90(85,86)87-75-74-82(4,5)6)78(71-68-65-62-59-56-27-24-21-18-15-12-9-3)89-80(84)73-70-67-64-61-58-55-53-51-49-47-45-42-39-37-35-33-31-29-26-23-20-17-14-11-8-2/h19-20,22-23,28-31,34-37,40-42,45,68,71,77-78H,7-18,21,24-27,32-33,38-39,43-44,46-67,69-70,72-76H2,1-6H3,(H-,81,83,85,86)/b22-19-,23-20-,30-28-,31-29-,36-34-,37-35-,41-40-,45-42-,71-68+. The first kappa shape index (κ1) is 86.7. The molecule has 10 heteroatoms. The molecule has 0 bridgehead atoms. The molecule has 0 aliphatic rings. The molecular formula is C80H143N2O7P. The third-order valence-corrected chi connectivity index (χ3v) is 17.4. The predicted octanol–water partition coefficient (Wildman–Crippen LogP) is 23.8. The largest absolute Gasteiger partial charge is 0.756 e. The average molecular weight is 1280 g/mol. The zero-order valence-electron chi connectivity index (χ0n) is 59.6. The van der Waals surface area contributed by atoms with Crippen molar-refractivity contribution in [1.29, 1.82) is 0 Å². The van der Waals surface area contributed by atoms with E-state index in [9.17, 15) is 19.0 Å². The molecule has 1 amide bonds. The van der Waals surface area contributed by atoms with Crippen molar-refractivity contribution in [3.8, 4) is 0 Å². The topological polar surface area (TPSA) is 114 Å². The van der Waals surface area contributed by atoms with Gasteiger partial charge in [-0.1, -0.05) is 310 Å². The highest BCUT2D eigenvalue weighted by Gasteiger charge is 2.27. The van der Waals surface area contributed by atoms with Crippen LogP contribution in [-0.2, 0) is 27.9 Å². The Labute approximate surface area is 557 Å². The number of carbonyl (C=O) groups is 2. The Balaban J connectivity index is 5.03. The number of phosphoric acid groups is 1. The molecule has 0 spiro atoms. The molecule has 0 aliphatic carbocycles. The van der Waals surface area contributed by atoms with Gasteiger partial charge in [-0.05, 0) is 122 Å². The number of quaternary nitrogens is 1. The molecule has 0 heterocycles. The van der Waals surface area contributed by atoms with E-state index in [1.54, 1.807) is 0 Å². The predicted molar refractivity (Wildman–Crippen MR) is 390 cm³/mol. The highest BCUT2D eigenvalue weighted by Crippen LogP contribution is 2.38. The molecule has 0 radical (unpaired) electrons. The quantitative estimate of drug-likeness (QED) is 0.0212. The number of amides is 1. The second kappa shape index (κ2) is 68.5. The van der Waals surface area contributed by atoms with Gasteiger partial charge in [0, 0.05) is 12.8 Å². The molecule has 0 saturated carbocycles. The van der Waals surface area contributed by atoms with Gasteiger partial charge in [0.05, 0.1) is 33.8 Å². The number of carbonyl (C=O) groups excluding carboxylic acids is 2. The van der Waals surface area contributed by atoms with E-state index in [1.165, 1.54) is 186 Å². The van der Waals surface area contributed by atoms with Gasteiger partial charge in [0.25, 0.3) is 7.82 Å². The number of hydrogen-bond donors (Lipinski definition) is 1. The lowest BCUT2D eigenvalue weighted by Gasteiger charge is -2.30. The van der Waals surface area contributed by atoms with Crippen molar-refractivity contribution in [2.75, 3.05) is 40.9 Å². The van der Waals surface area contributed by atoms with E-state index in [1.807, 2.05) is 33.3 Å². The van der Waals surface area contributed by atoms with E-state index in [2.05, 4.69) is 123 Å². The van der Waals surface area contributed by atoms with Gasteiger partial charge >= 0.3 is 5.97 Å². The Bertz CT molecular complexity index is 1910. The Hall–Kier alpha value is -3.33. The van der Waals surface area contributed by atoms with Gasteiger partial charge in [-0.25, -0.2) is 0 Å². The van der Waals surface area contributed by atoms with Crippen LogP contribution < -0.4 is 10.2 Å². The number of nitrogens with zero attached hydrogens (tertiary/aromatic N) is 1. The van der Waals surface area contributed by atoms with Gasteiger partial charge in [0.15, 0.2) is 0 Å². The molecule has 0 saturated heterocycles. The van der Waals surface area contributed by atoms with E-state index >= 15 is 0 Å². The molecule has 1 N–H and O–H groups in total. The van der Waals surface area contributed by atoms with Crippen molar-refractivity contribution < 1.29 is 37.3 Å². The lowest BCUT2D eigenvalue weighted by molar-refractivity contribution is -0.870. The smallest absolute Gasteiger partial charge is 0.306 e. The second-order valence-electron chi connectivity index (χ2n) is 26.4. The maximum Gasteiger partial charge on any atom is 0.306 e. The molecule has 3 unspecified atom stereocenters. The summed E-state index contributed by atoms with van der Waals surface area (Å²) < 4.78 is 30.5. The van der Waals surface area contributed by atoms with Crippen molar-refractivity contribution in [3.05, 3.63) is 109 Å². The number of ether oxygens (including phenoxy) is 1. The summed E-state index contributed by atoms with van der Waals surface area (Å²) in [6.45, 7) is 6.80. The van der Waals surface area contributed by atoms with E-state index in [-0.39, 0.29) is 24.9 Å². The van der Waals surface area contributed by atoms with Gasteiger partial charge in [-0.3, -0.25) is 14.2 Å².